The molecule has 0 heterocycles. The third-order valence-electron chi connectivity index (χ3n) is 2.11. The third kappa shape index (κ3) is 3.66. The lowest BCUT2D eigenvalue weighted by molar-refractivity contribution is 0.167. The number of nitrogens with one attached hydrogen (secondary N) is 1. The zero-order chi connectivity index (χ0) is 14.6. The first-order chi connectivity index (χ1) is 8.86. The predicted molar refractivity (Wildman–Crippen MR) is 60.4 cm³/mol. The average molecular weight is 281 g/mol. The van der Waals surface area contributed by atoms with Crippen LogP contribution in [0.2, 0.25) is 0 Å². The van der Waals surface area contributed by atoms with Gasteiger partial charge in [0.2, 0.25) is 5.82 Å². The van der Waals surface area contributed by atoms with Crippen molar-refractivity contribution in [3.63, 3.8) is 0 Å². The van der Waals surface area contributed by atoms with Gasteiger partial charge in [0.15, 0.2) is 23.3 Å². The van der Waals surface area contributed by atoms with Gasteiger partial charge in [-0.3, -0.25) is 0 Å². The molecule has 0 saturated heterocycles. The minimum atomic E-state index is -2.18. The standard InChI is InChI=1S/C12H12F5NO/c1-6(2)5-19-4-3-18-12-10(16)8(14)7(13)9(15)11(12)17/h18H,1,3-5H2,2H3. The van der Waals surface area contributed by atoms with Gasteiger partial charge in [0, 0.05) is 6.54 Å². The molecule has 1 aromatic rings. The van der Waals surface area contributed by atoms with Crippen molar-refractivity contribution in [1.29, 1.82) is 0 Å². The molecule has 0 unspecified atom stereocenters. The highest BCUT2D eigenvalue weighted by Crippen LogP contribution is 2.26. The lowest BCUT2D eigenvalue weighted by Gasteiger charge is -2.11. The van der Waals surface area contributed by atoms with Crippen LogP contribution < -0.4 is 5.32 Å². The molecule has 0 fully saturated rings. The Labute approximate surface area is 106 Å². The van der Waals surface area contributed by atoms with Gasteiger partial charge in [-0.1, -0.05) is 12.2 Å². The molecule has 7 heteroatoms. The van der Waals surface area contributed by atoms with Crippen molar-refractivity contribution in [1.82, 2.24) is 0 Å². The van der Waals surface area contributed by atoms with Gasteiger partial charge in [0.25, 0.3) is 0 Å². The van der Waals surface area contributed by atoms with Gasteiger partial charge in [-0.25, -0.2) is 22.0 Å². The van der Waals surface area contributed by atoms with Crippen LogP contribution in [0.4, 0.5) is 27.6 Å². The van der Waals surface area contributed by atoms with E-state index in [0.717, 1.165) is 5.57 Å². The van der Waals surface area contributed by atoms with E-state index in [0.29, 0.717) is 0 Å². The molecule has 2 nitrogen and oxygen atoms in total. The Hall–Kier alpha value is -1.63. The highest BCUT2D eigenvalue weighted by Gasteiger charge is 2.25. The number of anilines is 1. The van der Waals surface area contributed by atoms with Crippen molar-refractivity contribution in [3.8, 4) is 0 Å². The predicted octanol–water partition coefficient (Wildman–Crippen LogP) is 3.39. The molecule has 0 spiro atoms. The SMILES string of the molecule is C=C(C)COCCNc1c(F)c(F)c(F)c(F)c1F. The van der Waals surface area contributed by atoms with E-state index in [1.54, 1.807) is 6.92 Å². The number of benzene rings is 1. The lowest BCUT2D eigenvalue weighted by Crippen LogP contribution is -2.15. The van der Waals surface area contributed by atoms with Gasteiger partial charge < -0.3 is 10.1 Å². The van der Waals surface area contributed by atoms with E-state index in [1.807, 2.05) is 0 Å². The van der Waals surface area contributed by atoms with E-state index < -0.39 is 34.8 Å². The summed E-state index contributed by atoms with van der Waals surface area (Å²) in [6.07, 6.45) is 0. The first-order valence-electron chi connectivity index (χ1n) is 5.33. The Morgan fingerprint density at radius 2 is 1.47 bits per heavy atom. The van der Waals surface area contributed by atoms with Crippen LogP contribution in [-0.4, -0.2) is 19.8 Å². The van der Waals surface area contributed by atoms with E-state index >= 15 is 0 Å². The molecule has 0 atom stereocenters. The Bertz CT molecular complexity index is 460. The third-order valence-corrected chi connectivity index (χ3v) is 2.11. The van der Waals surface area contributed by atoms with Crippen LogP contribution in [0.5, 0.6) is 0 Å². The maximum absolute atomic E-state index is 13.2. The molecule has 1 aromatic carbocycles. The van der Waals surface area contributed by atoms with Crippen molar-refractivity contribution in [2.24, 2.45) is 0 Å². The smallest absolute Gasteiger partial charge is 0.200 e. The van der Waals surface area contributed by atoms with E-state index in [-0.39, 0.29) is 19.8 Å². The summed E-state index contributed by atoms with van der Waals surface area (Å²) in [5.74, 6) is -9.93. The molecule has 0 aliphatic carbocycles. The van der Waals surface area contributed by atoms with Gasteiger partial charge in [0.05, 0.1) is 13.2 Å². The molecular weight excluding hydrogens is 269 g/mol. The summed E-state index contributed by atoms with van der Waals surface area (Å²) < 4.78 is 69.8. The van der Waals surface area contributed by atoms with Crippen molar-refractivity contribution in [3.05, 3.63) is 41.2 Å². The zero-order valence-corrected chi connectivity index (χ0v) is 10.1. The fraction of sp³-hybridized carbons (Fsp3) is 0.333. The Morgan fingerprint density at radius 1 is 1.00 bits per heavy atom. The molecule has 0 saturated carbocycles. The first kappa shape index (κ1) is 15.4. The summed E-state index contributed by atoms with van der Waals surface area (Å²) in [6.45, 7) is 5.46. The van der Waals surface area contributed by atoms with Crippen LogP contribution in [0, 0.1) is 29.1 Å². The lowest BCUT2D eigenvalue weighted by atomic mass is 10.2. The number of hydrogen-bond donors (Lipinski definition) is 1. The minimum absolute atomic E-state index is 0.0341. The highest BCUT2D eigenvalue weighted by molar-refractivity contribution is 5.47. The molecule has 1 N–H and O–H groups in total. The van der Waals surface area contributed by atoms with Gasteiger partial charge in [-0.15, -0.1) is 0 Å². The van der Waals surface area contributed by atoms with Gasteiger partial charge >= 0.3 is 0 Å². The molecule has 1 rings (SSSR count). The Balaban J connectivity index is 2.71. The number of ether oxygens (including phenoxy) is 1. The number of halogens is 5. The monoisotopic (exact) mass is 281 g/mol. The molecule has 0 bridgehead atoms. The second kappa shape index (κ2) is 6.51. The van der Waals surface area contributed by atoms with Gasteiger partial charge in [-0.05, 0) is 6.92 Å². The van der Waals surface area contributed by atoms with Crippen LogP contribution in [0.3, 0.4) is 0 Å². The second-order valence-corrected chi connectivity index (χ2v) is 3.88. The first-order valence-corrected chi connectivity index (χ1v) is 5.33. The number of rotatable bonds is 6. The van der Waals surface area contributed by atoms with Crippen LogP contribution in [0.15, 0.2) is 12.2 Å². The Kier molecular flexibility index (Phi) is 5.29. The fourth-order valence-corrected chi connectivity index (χ4v) is 1.25. The number of hydrogen-bond acceptors (Lipinski definition) is 2. The van der Waals surface area contributed by atoms with Crippen molar-refractivity contribution < 1.29 is 26.7 Å². The summed E-state index contributed by atoms with van der Waals surface area (Å²) in [4.78, 5) is 0. The van der Waals surface area contributed by atoms with Crippen molar-refractivity contribution in [2.75, 3.05) is 25.1 Å². The summed E-state index contributed by atoms with van der Waals surface area (Å²) in [5.41, 5.74) is -0.313. The van der Waals surface area contributed by atoms with E-state index in [9.17, 15) is 22.0 Å². The zero-order valence-electron chi connectivity index (χ0n) is 10.1. The van der Waals surface area contributed by atoms with E-state index in [2.05, 4.69) is 11.9 Å². The summed E-state index contributed by atoms with van der Waals surface area (Å²) in [7, 11) is 0. The normalized spacial score (nSPS) is 10.6. The molecule has 106 valence electrons. The van der Waals surface area contributed by atoms with Crippen LogP contribution in [0.25, 0.3) is 0 Å². The van der Waals surface area contributed by atoms with Crippen molar-refractivity contribution in [2.45, 2.75) is 6.92 Å². The van der Waals surface area contributed by atoms with Gasteiger partial charge in [0.1, 0.15) is 5.69 Å². The molecule has 0 aromatic heterocycles. The molecule has 0 radical (unpaired) electrons. The summed E-state index contributed by atoms with van der Waals surface area (Å²) in [6, 6.07) is 0. The van der Waals surface area contributed by atoms with Gasteiger partial charge in [-0.2, -0.15) is 0 Å². The molecule has 0 aliphatic heterocycles. The van der Waals surface area contributed by atoms with E-state index in [4.69, 9.17) is 4.74 Å². The highest BCUT2D eigenvalue weighted by atomic mass is 19.2. The quantitative estimate of drug-likeness (QED) is 0.284. The Morgan fingerprint density at radius 3 is 1.95 bits per heavy atom. The van der Waals surface area contributed by atoms with Crippen LogP contribution >= 0.6 is 0 Å². The summed E-state index contributed by atoms with van der Waals surface area (Å²) >= 11 is 0. The maximum atomic E-state index is 13.2. The fourth-order valence-electron chi connectivity index (χ4n) is 1.25. The minimum Gasteiger partial charge on any atom is -0.378 e. The molecule has 19 heavy (non-hydrogen) atoms. The largest absolute Gasteiger partial charge is 0.378 e. The average Bonchev–Trinajstić information content (AvgIpc) is 2.37. The second-order valence-electron chi connectivity index (χ2n) is 3.88. The van der Waals surface area contributed by atoms with Crippen molar-refractivity contribution >= 4 is 5.69 Å². The van der Waals surface area contributed by atoms with Crippen LogP contribution in [-0.2, 0) is 4.74 Å². The van der Waals surface area contributed by atoms with E-state index in [1.165, 1.54) is 0 Å². The topological polar surface area (TPSA) is 21.3 Å². The summed E-state index contributed by atoms with van der Waals surface area (Å²) in [5, 5.41) is 2.11. The molecule has 0 aliphatic rings. The molecular formula is C12H12F5NO. The van der Waals surface area contributed by atoms with Crippen LogP contribution in [0.1, 0.15) is 6.92 Å². The maximum Gasteiger partial charge on any atom is 0.200 e. The molecule has 0 amide bonds.